The number of carbonyl (C=O) groups is 1. The molecule has 0 radical (unpaired) electrons. The van der Waals surface area contributed by atoms with Crippen molar-refractivity contribution < 1.29 is 9.21 Å². The lowest BCUT2D eigenvalue weighted by Gasteiger charge is -2.14. The lowest BCUT2D eigenvalue weighted by molar-refractivity contribution is -0.127. The molecule has 0 saturated heterocycles. The Bertz CT molecular complexity index is 651. The van der Waals surface area contributed by atoms with Gasteiger partial charge < -0.3 is 14.6 Å². The lowest BCUT2D eigenvalue weighted by atomic mass is 10.4. The number of furan rings is 1. The Kier molecular flexibility index (Phi) is 4.68. The second-order valence-corrected chi connectivity index (χ2v) is 7.54. The van der Waals surface area contributed by atoms with Crippen LogP contribution in [0.1, 0.15) is 24.4 Å². The van der Waals surface area contributed by atoms with Gasteiger partial charge in [0.2, 0.25) is 11.0 Å². The number of rotatable bonds is 7. The Labute approximate surface area is 137 Å². The van der Waals surface area contributed by atoms with Gasteiger partial charge in [-0.3, -0.25) is 4.79 Å². The highest BCUT2D eigenvalue weighted by Gasteiger charge is 2.22. The molecular weight excluding hydrogens is 320 g/mol. The molecule has 1 aliphatic carbocycles. The van der Waals surface area contributed by atoms with E-state index in [0.29, 0.717) is 18.3 Å². The van der Waals surface area contributed by atoms with Gasteiger partial charge in [-0.05, 0) is 31.9 Å². The smallest absolute Gasteiger partial charge is 0.233 e. The van der Waals surface area contributed by atoms with Gasteiger partial charge in [-0.1, -0.05) is 23.1 Å². The fourth-order valence-electron chi connectivity index (χ4n) is 1.85. The molecule has 1 aliphatic rings. The second kappa shape index (κ2) is 6.70. The maximum absolute atomic E-state index is 12.1. The summed E-state index contributed by atoms with van der Waals surface area (Å²) in [5, 5.41) is 12.3. The van der Waals surface area contributed by atoms with Gasteiger partial charge in [0.05, 0.1) is 12.3 Å². The third-order valence-corrected chi connectivity index (χ3v) is 5.22. The number of carbonyl (C=O) groups excluding carboxylic acids is 1. The van der Waals surface area contributed by atoms with Crippen molar-refractivity contribution in [1.82, 2.24) is 15.1 Å². The molecular formula is C14H18N4O2S2. The van der Waals surface area contributed by atoms with Crippen molar-refractivity contribution in [3.63, 3.8) is 0 Å². The normalized spacial score (nSPS) is 14.1. The Hall–Kier alpha value is -1.54. The number of thioether (sulfide) groups is 1. The summed E-state index contributed by atoms with van der Waals surface area (Å²) in [6, 6.07) is 4.36. The average Bonchev–Trinajstić information content (AvgIpc) is 3.03. The van der Waals surface area contributed by atoms with E-state index in [2.05, 4.69) is 15.5 Å². The standard InChI is InChI=1S/C14H18N4O2S2/c1-9-3-6-11(20-9)7-18(2)12(19)8-21-14-17-16-13(22-14)15-10-4-5-10/h3,6,10H,4-5,7-8H2,1-2H3,(H,15,16). The van der Waals surface area contributed by atoms with E-state index < -0.39 is 0 Å². The second-order valence-electron chi connectivity index (χ2n) is 5.34. The molecule has 0 atom stereocenters. The zero-order valence-electron chi connectivity index (χ0n) is 12.5. The maximum Gasteiger partial charge on any atom is 0.233 e. The summed E-state index contributed by atoms with van der Waals surface area (Å²) in [7, 11) is 1.78. The van der Waals surface area contributed by atoms with Gasteiger partial charge in [0.25, 0.3) is 0 Å². The minimum Gasteiger partial charge on any atom is -0.464 e. The summed E-state index contributed by atoms with van der Waals surface area (Å²) in [5.41, 5.74) is 0. The number of hydrogen-bond acceptors (Lipinski definition) is 7. The molecule has 0 bridgehead atoms. The van der Waals surface area contributed by atoms with Crippen LogP contribution in [-0.2, 0) is 11.3 Å². The van der Waals surface area contributed by atoms with E-state index in [4.69, 9.17) is 4.42 Å². The van der Waals surface area contributed by atoms with E-state index in [1.165, 1.54) is 35.9 Å². The van der Waals surface area contributed by atoms with Crippen LogP contribution >= 0.6 is 23.1 Å². The van der Waals surface area contributed by atoms with Crippen LogP contribution < -0.4 is 5.32 Å². The van der Waals surface area contributed by atoms with E-state index in [1.54, 1.807) is 11.9 Å². The molecule has 8 heteroatoms. The number of anilines is 1. The van der Waals surface area contributed by atoms with Crippen LogP contribution in [0.4, 0.5) is 5.13 Å². The summed E-state index contributed by atoms with van der Waals surface area (Å²) >= 11 is 2.93. The molecule has 2 aromatic rings. The summed E-state index contributed by atoms with van der Waals surface area (Å²) in [6.07, 6.45) is 2.41. The van der Waals surface area contributed by atoms with E-state index in [-0.39, 0.29) is 5.91 Å². The first kappa shape index (κ1) is 15.4. The van der Waals surface area contributed by atoms with E-state index in [0.717, 1.165) is 21.0 Å². The Morgan fingerprint density at radius 1 is 1.50 bits per heavy atom. The van der Waals surface area contributed by atoms with Gasteiger partial charge in [0, 0.05) is 13.1 Å². The van der Waals surface area contributed by atoms with Gasteiger partial charge in [-0.2, -0.15) is 0 Å². The van der Waals surface area contributed by atoms with Crippen LogP contribution in [0.15, 0.2) is 20.9 Å². The van der Waals surface area contributed by atoms with Gasteiger partial charge in [0.1, 0.15) is 11.5 Å². The zero-order valence-corrected chi connectivity index (χ0v) is 14.2. The van der Waals surface area contributed by atoms with Crippen LogP contribution in [0, 0.1) is 6.92 Å². The molecule has 6 nitrogen and oxygen atoms in total. The van der Waals surface area contributed by atoms with Crippen LogP contribution in [0.2, 0.25) is 0 Å². The molecule has 22 heavy (non-hydrogen) atoms. The van der Waals surface area contributed by atoms with Gasteiger partial charge in [-0.15, -0.1) is 10.2 Å². The van der Waals surface area contributed by atoms with Gasteiger partial charge in [-0.25, -0.2) is 0 Å². The number of nitrogens with one attached hydrogen (secondary N) is 1. The number of aromatic nitrogens is 2. The highest BCUT2D eigenvalue weighted by atomic mass is 32.2. The van der Waals surface area contributed by atoms with Gasteiger partial charge >= 0.3 is 0 Å². The number of amides is 1. The highest BCUT2D eigenvalue weighted by molar-refractivity contribution is 8.01. The molecule has 1 saturated carbocycles. The van der Waals surface area contributed by atoms with Crippen LogP contribution in [0.5, 0.6) is 0 Å². The average molecular weight is 338 g/mol. The van der Waals surface area contributed by atoms with E-state index in [1.807, 2.05) is 19.1 Å². The molecule has 0 unspecified atom stereocenters. The predicted molar refractivity (Wildman–Crippen MR) is 87.2 cm³/mol. The molecule has 0 aromatic carbocycles. The Morgan fingerprint density at radius 3 is 3.00 bits per heavy atom. The quantitative estimate of drug-likeness (QED) is 0.783. The first-order chi connectivity index (χ1) is 10.6. The molecule has 1 amide bonds. The van der Waals surface area contributed by atoms with E-state index >= 15 is 0 Å². The Morgan fingerprint density at radius 2 is 2.32 bits per heavy atom. The number of aryl methyl sites for hydroxylation is 1. The minimum absolute atomic E-state index is 0.0472. The number of hydrogen-bond donors (Lipinski definition) is 1. The van der Waals surface area contributed by atoms with Gasteiger partial charge in [0.15, 0.2) is 4.34 Å². The van der Waals surface area contributed by atoms with Crippen LogP contribution in [0.3, 0.4) is 0 Å². The van der Waals surface area contributed by atoms with Crippen molar-refractivity contribution in [3.05, 3.63) is 23.7 Å². The third-order valence-electron chi connectivity index (χ3n) is 3.25. The monoisotopic (exact) mass is 338 g/mol. The fraction of sp³-hybridized carbons (Fsp3) is 0.500. The van der Waals surface area contributed by atoms with Crippen molar-refractivity contribution in [2.45, 2.75) is 36.7 Å². The Balaban J connectivity index is 1.45. The molecule has 2 heterocycles. The molecule has 0 aliphatic heterocycles. The van der Waals surface area contributed by atoms with Crippen LogP contribution in [0.25, 0.3) is 0 Å². The molecule has 3 rings (SSSR count). The first-order valence-corrected chi connectivity index (χ1v) is 8.92. The largest absolute Gasteiger partial charge is 0.464 e. The maximum atomic E-state index is 12.1. The molecule has 1 fully saturated rings. The van der Waals surface area contributed by atoms with Crippen molar-refractivity contribution in [2.75, 3.05) is 18.1 Å². The molecule has 1 N–H and O–H groups in total. The van der Waals surface area contributed by atoms with Crippen LogP contribution in [-0.4, -0.2) is 39.8 Å². The lowest BCUT2D eigenvalue weighted by Crippen LogP contribution is -2.27. The van der Waals surface area contributed by atoms with Crippen molar-refractivity contribution >= 4 is 34.1 Å². The van der Waals surface area contributed by atoms with E-state index in [9.17, 15) is 4.79 Å². The first-order valence-electron chi connectivity index (χ1n) is 7.12. The zero-order chi connectivity index (χ0) is 15.5. The third kappa shape index (κ3) is 4.23. The molecule has 2 aromatic heterocycles. The van der Waals surface area contributed by atoms with Crippen molar-refractivity contribution in [2.24, 2.45) is 0 Å². The fourth-order valence-corrected chi connectivity index (χ4v) is 3.62. The summed E-state index contributed by atoms with van der Waals surface area (Å²) in [4.78, 5) is 13.8. The minimum atomic E-state index is 0.0472. The SMILES string of the molecule is Cc1ccc(CN(C)C(=O)CSc2nnc(NC3CC3)s2)o1. The highest BCUT2D eigenvalue weighted by Crippen LogP contribution is 2.30. The molecule has 118 valence electrons. The topological polar surface area (TPSA) is 71.3 Å². The predicted octanol–water partition coefficient (Wildman–Crippen LogP) is 2.76. The van der Waals surface area contributed by atoms with Crippen molar-refractivity contribution in [3.8, 4) is 0 Å². The van der Waals surface area contributed by atoms with Crippen molar-refractivity contribution in [1.29, 1.82) is 0 Å². The summed E-state index contributed by atoms with van der Waals surface area (Å²) in [6.45, 7) is 2.38. The summed E-state index contributed by atoms with van der Waals surface area (Å²) < 4.78 is 6.30. The summed E-state index contributed by atoms with van der Waals surface area (Å²) in [5.74, 6) is 2.06. The number of nitrogens with zero attached hydrogens (tertiary/aromatic N) is 3. The molecule has 0 spiro atoms.